The van der Waals surface area contributed by atoms with Gasteiger partial charge in [-0.25, -0.2) is 4.79 Å². The summed E-state index contributed by atoms with van der Waals surface area (Å²) in [4.78, 5) is 24.3. The van der Waals surface area contributed by atoms with E-state index in [0.717, 1.165) is 0 Å². The molecule has 0 aliphatic carbocycles. The van der Waals surface area contributed by atoms with Crippen LogP contribution in [0.3, 0.4) is 0 Å². The van der Waals surface area contributed by atoms with Crippen LogP contribution in [-0.4, -0.2) is 24.7 Å². The second-order valence-electron chi connectivity index (χ2n) is 5.44. The van der Waals surface area contributed by atoms with Crippen molar-refractivity contribution in [2.75, 3.05) is 13.7 Å². The lowest BCUT2D eigenvalue weighted by Crippen LogP contribution is -2.29. The Kier molecular flexibility index (Phi) is 4.85. The third kappa shape index (κ3) is 3.56. The minimum Gasteiger partial charge on any atom is -0.493 e. The van der Waals surface area contributed by atoms with Gasteiger partial charge in [0.1, 0.15) is 5.56 Å². The molecule has 0 aliphatic heterocycles. The Morgan fingerprint density at radius 3 is 2.92 bits per heavy atom. The summed E-state index contributed by atoms with van der Waals surface area (Å²) in [6.45, 7) is 0.195. The van der Waals surface area contributed by atoms with Crippen LogP contribution < -0.4 is 15.7 Å². The zero-order valence-corrected chi connectivity index (χ0v) is 13.5. The maximum atomic E-state index is 12.2. The van der Waals surface area contributed by atoms with E-state index >= 15 is 0 Å². The van der Waals surface area contributed by atoms with Crippen molar-refractivity contribution in [3.8, 4) is 5.75 Å². The molecule has 1 unspecified atom stereocenters. The SMILES string of the molecule is COc1cccc2cc(C(=O)NCCC(O)c3ccoc3)c(=O)oc12. The molecule has 1 amide bonds. The number of carbonyl (C=O) groups excluding carboxylic acids is 1. The standard InChI is InChI=1S/C18H17NO6/c1-23-15-4-2-3-11-9-13(18(22)25-16(11)15)17(21)19-7-5-14(20)12-6-8-24-10-12/h2-4,6,8-10,14,20H,5,7H2,1H3,(H,19,21). The minimum atomic E-state index is -0.753. The molecule has 0 fully saturated rings. The summed E-state index contributed by atoms with van der Waals surface area (Å²) in [5, 5.41) is 13.1. The fourth-order valence-corrected chi connectivity index (χ4v) is 2.49. The number of aliphatic hydroxyl groups excluding tert-OH is 1. The molecule has 2 heterocycles. The first kappa shape index (κ1) is 16.8. The predicted octanol–water partition coefficient (Wildman–Crippen LogP) is 2.25. The maximum Gasteiger partial charge on any atom is 0.349 e. The summed E-state index contributed by atoms with van der Waals surface area (Å²) >= 11 is 0. The van der Waals surface area contributed by atoms with Gasteiger partial charge in [-0.1, -0.05) is 12.1 Å². The average Bonchev–Trinajstić information content (AvgIpc) is 3.15. The van der Waals surface area contributed by atoms with Gasteiger partial charge in [0.05, 0.1) is 25.7 Å². The molecule has 0 aliphatic rings. The minimum absolute atomic E-state index is 0.0986. The lowest BCUT2D eigenvalue weighted by molar-refractivity contribution is 0.0939. The highest BCUT2D eigenvalue weighted by Crippen LogP contribution is 2.24. The van der Waals surface area contributed by atoms with E-state index in [2.05, 4.69) is 5.32 Å². The molecule has 0 bridgehead atoms. The predicted molar refractivity (Wildman–Crippen MR) is 89.7 cm³/mol. The Labute approximate surface area is 142 Å². The highest BCUT2D eigenvalue weighted by Gasteiger charge is 2.16. The first-order chi connectivity index (χ1) is 12.1. The van der Waals surface area contributed by atoms with E-state index in [1.807, 2.05) is 0 Å². The van der Waals surface area contributed by atoms with Crippen LogP contribution in [0.1, 0.15) is 28.4 Å². The van der Waals surface area contributed by atoms with Crippen molar-refractivity contribution in [2.24, 2.45) is 0 Å². The summed E-state index contributed by atoms with van der Waals surface area (Å²) in [5.74, 6) is -0.136. The second-order valence-corrected chi connectivity index (χ2v) is 5.44. The Hall–Kier alpha value is -3.06. The maximum absolute atomic E-state index is 12.2. The van der Waals surface area contributed by atoms with Crippen LogP contribution in [-0.2, 0) is 0 Å². The smallest absolute Gasteiger partial charge is 0.349 e. The van der Waals surface area contributed by atoms with Crippen LogP contribution in [0.5, 0.6) is 5.75 Å². The van der Waals surface area contributed by atoms with Gasteiger partial charge in [-0.15, -0.1) is 0 Å². The van der Waals surface area contributed by atoms with E-state index in [0.29, 0.717) is 22.3 Å². The van der Waals surface area contributed by atoms with E-state index in [4.69, 9.17) is 13.6 Å². The van der Waals surface area contributed by atoms with Crippen molar-refractivity contribution < 1.29 is 23.5 Å². The highest BCUT2D eigenvalue weighted by atomic mass is 16.5. The van der Waals surface area contributed by atoms with E-state index < -0.39 is 17.6 Å². The number of hydrogen-bond acceptors (Lipinski definition) is 6. The average molecular weight is 343 g/mol. The zero-order chi connectivity index (χ0) is 17.8. The Bertz CT molecular complexity index is 928. The van der Waals surface area contributed by atoms with Crippen molar-refractivity contribution in [3.63, 3.8) is 0 Å². The van der Waals surface area contributed by atoms with Gasteiger partial charge in [-0.2, -0.15) is 0 Å². The highest BCUT2D eigenvalue weighted by molar-refractivity contribution is 5.97. The molecule has 7 nitrogen and oxygen atoms in total. The van der Waals surface area contributed by atoms with Crippen LogP contribution in [0.25, 0.3) is 11.0 Å². The molecule has 0 saturated carbocycles. The summed E-state index contributed by atoms with van der Waals surface area (Å²) in [6.07, 6.45) is 2.44. The topological polar surface area (TPSA) is 102 Å². The van der Waals surface area contributed by atoms with E-state index in [1.165, 1.54) is 25.7 Å². The molecule has 7 heteroatoms. The number of amides is 1. The molecule has 2 aromatic heterocycles. The molecule has 0 spiro atoms. The number of para-hydroxylation sites is 1. The van der Waals surface area contributed by atoms with E-state index in [-0.39, 0.29) is 18.5 Å². The van der Waals surface area contributed by atoms with Gasteiger partial charge >= 0.3 is 5.63 Å². The monoisotopic (exact) mass is 343 g/mol. The summed E-state index contributed by atoms with van der Waals surface area (Å²) in [5.41, 5.74) is 0.0805. The van der Waals surface area contributed by atoms with Gasteiger partial charge in [-0.05, 0) is 24.6 Å². The second kappa shape index (κ2) is 7.23. The number of methoxy groups -OCH3 is 1. The fourth-order valence-electron chi connectivity index (χ4n) is 2.49. The van der Waals surface area contributed by atoms with Crippen molar-refractivity contribution in [3.05, 3.63) is 64.4 Å². The van der Waals surface area contributed by atoms with Crippen LogP contribution >= 0.6 is 0 Å². The van der Waals surface area contributed by atoms with Crippen LogP contribution in [0, 0.1) is 0 Å². The fraction of sp³-hybridized carbons (Fsp3) is 0.222. The van der Waals surface area contributed by atoms with Crippen molar-refractivity contribution in [1.82, 2.24) is 5.32 Å². The Balaban J connectivity index is 1.72. The molecule has 25 heavy (non-hydrogen) atoms. The Morgan fingerprint density at radius 2 is 2.20 bits per heavy atom. The summed E-state index contributed by atoms with van der Waals surface area (Å²) < 4.78 is 15.3. The number of ether oxygens (including phenoxy) is 1. The third-order valence-corrected chi connectivity index (χ3v) is 3.82. The molecule has 130 valence electrons. The normalized spacial score (nSPS) is 12.1. The van der Waals surface area contributed by atoms with Crippen molar-refractivity contribution >= 4 is 16.9 Å². The largest absolute Gasteiger partial charge is 0.493 e. The number of benzene rings is 1. The first-order valence-corrected chi connectivity index (χ1v) is 7.69. The third-order valence-electron chi connectivity index (χ3n) is 3.82. The van der Waals surface area contributed by atoms with Gasteiger partial charge in [-0.3, -0.25) is 4.79 Å². The molecule has 2 N–H and O–H groups in total. The zero-order valence-electron chi connectivity index (χ0n) is 13.5. The quantitative estimate of drug-likeness (QED) is 0.666. The Morgan fingerprint density at radius 1 is 1.36 bits per heavy atom. The van der Waals surface area contributed by atoms with Crippen LogP contribution in [0.4, 0.5) is 0 Å². The molecule has 1 aromatic carbocycles. The summed E-state index contributed by atoms with van der Waals surface area (Å²) in [7, 11) is 1.47. The van der Waals surface area contributed by atoms with Gasteiger partial charge in [0, 0.05) is 17.5 Å². The number of nitrogens with one attached hydrogen (secondary N) is 1. The number of furan rings is 1. The molecular formula is C18H17NO6. The summed E-state index contributed by atoms with van der Waals surface area (Å²) in [6, 6.07) is 8.25. The molecule has 0 radical (unpaired) electrons. The van der Waals surface area contributed by atoms with E-state index in [1.54, 1.807) is 24.3 Å². The molecular weight excluding hydrogens is 326 g/mol. The first-order valence-electron chi connectivity index (χ1n) is 7.69. The number of hydrogen-bond donors (Lipinski definition) is 2. The number of rotatable bonds is 6. The van der Waals surface area contributed by atoms with Gasteiger partial charge in [0.25, 0.3) is 5.91 Å². The van der Waals surface area contributed by atoms with Crippen LogP contribution in [0.2, 0.25) is 0 Å². The number of fused-ring (bicyclic) bond motifs is 1. The van der Waals surface area contributed by atoms with Gasteiger partial charge in [0.15, 0.2) is 11.3 Å². The van der Waals surface area contributed by atoms with Gasteiger partial charge in [0.2, 0.25) is 0 Å². The van der Waals surface area contributed by atoms with Crippen molar-refractivity contribution in [1.29, 1.82) is 0 Å². The lowest BCUT2D eigenvalue weighted by Gasteiger charge is -2.09. The van der Waals surface area contributed by atoms with E-state index in [9.17, 15) is 14.7 Å². The lowest BCUT2D eigenvalue weighted by atomic mass is 10.1. The molecule has 1 atom stereocenters. The number of aliphatic hydroxyl groups is 1. The van der Waals surface area contributed by atoms with Crippen molar-refractivity contribution in [2.45, 2.75) is 12.5 Å². The number of carbonyl (C=O) groups is 1. The molecule has 3 rings (SSSR count). The van der Waals surface area contributed by atoms with Gasteiger partial charge < -0.3 is 24.0 Å². The molecule has 0 saturated heterocycles. The van der Waals surface area contributed by atoms with Crippen LogP contribution in [0.15, 0.2) is 56.5 Å². The molecule has 3 aromatic rings.